The Bertz CT molecular complexity index is 443. The van der Waals surface area contributed by atoms with E-state index in [1.54, 1.807) is 6.08 Å². The van der Waals surface area contributed by atoms with Crippen LogP contribution in [-0.2, 0) is 9.53 Å². The van der Waals surface area contributed by atoms with Crippen molar-refractivity contribution in [2.45, 2.75) is 52.9 Å². The number of carbonyl (C=O) groups excluding carboxylic acids is 1. The van der Waals surface area contributed by atoms with E-state index in [4.69, 9.17) is 4.74 Å². The van der Waals surface area contributed by atoms with Gasteiger partial charge in [0.05, 0.1) is 6.61 Å². The van der Waals surface area contributed by atoms with Crippen LogP contribution in [0.1, 0.15) is 64.0 Å². The first kappa shape index (κ1) is 16.5. The molecule has 1 aromatic rings. The molecule has 0 aliphatic carbocycles. The highest BCUT2D eigenvalue weighted by atomic mass is 16.5. The first-order chi connectivity index (χ1) is 9.62. The smallest absolute Gasteiger partial charge is 0.331 e. The van der Waals surface area contributed by atoms with E-state index < -0.39 is 0 Å². The average molecular weight is 274 g/mol. The zero-order valence-corrected chi connectivity index (χ0v) is 13.1. The molecule has 0 heterocycles. The Morgan fingerprint density at radius 1 is 1.20 bits per heavy atom. The van der Waals surface area contributed by atoms with Gasteiger partial charge in [-0.1, -0.05) is 51.5 Å². The fourth-order valence-electron chi connectivity index (χ4n) is 2.16. The minimum Gasteiger partial charge on any atom is -0.463 e. The van der Waals surface area contributed by atoms with Gasteiger partial charge >= 0.3 is 5.97 Å². The van der Waals surface area contributed by atoms with Crippen molar-refractivity contribution in [3.05, 3.63) is 41.5 Å². The first-order valence-corrected chi connectivity index (χ1v) is 7.59. The average Bonchev–Trinajstić information content (AvgIpc) is 2.46. The second-order valence-corrected chi connectivity index (χ2v) is 5.10. The number of benzene rings is 1. The summed E-state index contributed by atoms with van der Waals surface area (Å²) in [7, 11) is 0. The van der Waals surface area contributed by atoms with Crippen molar-refractivity contribution in [3.8, 4) is 0 Å². The highest BCUT2D eigenvalue weighted by Crippen LogP contribution is 2.24. The van der Waals surface area contributed by atoms with Crippen LogP contribution >= 0.6 is 0 Å². The highest BCUT2D eigenvalue weighted by Gasteiger charge is 2.07. The summed E-state index contributed by atoms with van der Waals surface area (Å²) in [4.78, 5) is 11.6. The predicted molar refractivity (Wildman–Crippen MR) is 84.7 cm³/mol. The largest absolute Gasteiger partial charge is 0.463 e. The Morgan fingerprint density at radius 3 is 2.35 bits per heavy atom. The van der Waals surface area contributed by atoms with E-state index in [0.29, 0.717) is 12.5 Å². The molecule has 110 valence electrons. The van der Waals surface area contributed by atoms with E-state index in [1.165, 1.54) is 5.56 Å². The molecule has 1 rings (SSSR count). The normalized spacial score (nSPS) is 13.1. The molecular weight excluding hydrogens is 248 g/mol. The molecule has 2 nitrogen and oxygen atoms in total. The Labute approximate surface area is 122 Å². The van der Waals surface area contributed by atoms with Gasteiger partial charge in [0.15, 0.2) is 0 Å². The van der Waals surface area contributed by atoms with Crippen molar-refractivity contribution >= 4 is 11.5 Å². The molecule has 20 heavy (non-hydrogen) atoms. The monoisotopic (exact) mass is 274 g/mol. The summed E-state index contributed by atoms with van der Waals surface area (Å²) in [5.41, 5.74) is 3.52. The lowest BCUT2D eigenvalue weighted by atomic mass is 9.94. The maximum atomic E-state index is 11.6. The predicted octanol–water partition coefficient (Wildman–Crippen LogP) is 4.95. The maximum Gasteiger partial charge on any atom is 0.331 e. The van der Waals surface area contributed by atoms with Crippen LogP contribution in [-0.4, -0.2) is 12.6 Å². The fraction of sp³-hybridized carbons (Fsp3) is 0.500. The van der Waals surface area contributed by atoms with E-state index >= 15 is 0 Å². The number of carbonyl (C=O) groups is 1. The third kappa shape index (κ3) is 4.84. The molecule has 0 fully saturated rings. The van der Waals surface area contributed by atoms with Crippen LogP contribution in [0.4, 0.5) is 0 Å². The van der Waals surface area contributed by atoms with E-state index in [-0.39, 0.29) is 5.97 Å². The Kier molecular flexibility index (Phi) is 7.06. The molecule has 1 aromatic carbocycles. The lowest BCUT2D eigenvalue weighted by molar-refractivity contribution is -0.137. The van der Waals surface area contributed by atoms with E-state index in [1.807, 2.05) is 6.92 Å². The van der Waals surface area contributed by atoms with Crippen molar-refractivity contribution in [1.29, 1.82) is 0 Å². The van der Waals surface area contributed by atoms with Crippen molar-refractivity contribution in [3.63, 3.8) is 0 Å². The molecule has 0 aliphatic heterocycles. The van der Waals surface area contributed by atoms with Crippen LogP contribution in [0.5, 0.6) is 0 Å². The summed E-state index contributed by atoms with van der Waals surface area (Å²) < 4.78 is 5.00. The van der Waals surface area contributed by atoms with Gasteiger partial charge < -0.3 is 4.74 Å². The van der Waals surface area contributed by atoms with Gasteiger partial charge in [-0.3, -0.25) is 0 Å². The summed E-state index contributed by atoms with van der Waals surface area (Å²) in [6.07, 6.45) is 4.67. The van der Waals surface area contributed by atoms with Crippen molar-refractivity contribution < 1.29 is 9.53 Å². The number of ether oxygens (including phenoxy) is 1. The van der Waals surface area contributed by atoms with Gasteiger partial charge in [-0.25, -0.2) is 4.79 Å². The summed E-state index contributed by atoms with van der Waals surface area (Å²) >= 11 is 0. The molecule has 0 spiro atoms. The minimum absolute atomic E-state index is 0.248. The quantitative estimate of drug-likeness (QED) is 0.519. The van der Waals surface area contributed by atoms with Crippen LogP contribution in [0.3, 0.4) is 0 Å². The number of hydrogen-bond acceptors (Lipinski definition) is 2. The molecule has 0 saturated heterocycles. The minimum atomic E-state index is -0.248. The Hall–Kier alpha value is -1.57. The van der Waals surface area contributed by atoms with Crippen molar-refractivity contribution in [1.82, 2.24) is 0 Å². The van der Waals surface area contributed by atoms with Crippen LogP contribution < -0.4 is 0 Å². The number of allylic oxidation sites excluding steroid dienone is 1. The molecule has 0 radical (unpaired) electrons. The standard InChI is InChI=1S/C18H26O2/c1-5-8-17(13-18(19)20-7-3)16-11-9-15(10-12-16)14(4)6-2/h9-14H,5-8H2,1-4H3. The molecule has 0 bridgehead atoms. The summed E-state index contributed by atoms with van der Waals surface area (Å²) in [5, 5.41) is 0. The molecule has 0 saturated carbocycles. The lowest BCUT2D eigenvalue weighted by Crippen LogP contribution is -2.01. The van der Waals surface area contributed by atoms with E-state index in [9.17, 15) is 4.79 Å². The topological polar surface area (TPSA) is 26.3 Å². The second-order valence-electron chi connectivity index (χ2n) is 5.10. The molecule has 0 aromatic heterocycles. The third-order valence-corrected chi connectivity index (χ3v) is 3.56. The summed E-state index contributed by atoms with van der Waals surface area (Å²) in [6.45, 7) is 8.79. The molecule has 1 unspecified atom stereocenters. The summed E-state index contributed by atoms with van der Waals surface area (Å²) in [5.74, 6) is 0.328. The van der Waals surface area contributed by atoms with Crippen LogP contribution in [0, 0.1) is 0 Å². The summed E-state index contributed by atoms with van der Waals surface area (Å²) in [6, 6.07) is 8.56. The van der Waals surface area contributed by atoms with Crippen LogP contribution in [0.25, 0.3) is 5.57 Å². The highest BCUT2D eigenvalue weighted by molar-refractivity contribution is 5.91. The number of esters is 1. The maximum absolute atomic E-state index is 11.6. The van der Waals surface area contributed by atoms with Crippen LogP contribution in [0.2, 0.25) is 0 Å². The number of rotatable bonds is 7. The molecular formula is C18H26O2. The molecule has 0 aliphatic rings. The van der Waals surface area contributed by atoms with Gasteiger partial charge in [-0.15, -0.1) is 0 Å². The molecule has 0 amide bonds. The molecule has 0 N–H and O–H groups in total. The number of hydrogen-bond donors (Lipinski definition) is 0. The van der Waals surface area contributed by atoms with Gasteiger partial charge in [-0.05, 0) is 42.4 Å². The molecule has 1 atom stereocenters. The van der Waals surface area contributed by atoms with Gasteiger partial charge in [0.25, 0.3) is 0 Å². The first-order valence-electron chi connectivity index (χ1n) is 7.59. The van der Waals surface area contributed by atoms with Crippen LogP contribution in [0.15, 0.2) is 30.3 Å². The molecule has 2 heteroatoms. The van der Waals surface area contributed by atoms with Gasteiger partial charge in [0.2, 0.25) is 0 Å². The fourth-order valence-corrected chi connectivity index (χ4v) is 2.16. The zero-order valence-electron chi connectivity index (χ0n) is 13.1. The van der Waals surface area contributed by atoms with Crippen molar-refractivity contribution in [2.75, 3.05) is 6.61 Å². The van der Waals surface area contributed by atoms with Gasteiger partial charge in [0.1, 0.15) is 0 Å². The van der Waals surface area contributed by atoms with Crippen molar-refractivity contribution in [2.24, 2.45) is 0 Å². The lowest BCUT2D eigenvalue weighted by Gasteiger charge is -2.11. The Balaban J connectivity index is 2.94. The van der Waals surface area contributed by atoms with E-state index in [2.05, 4.69) is 45.0 Å². The second kappa shape index (κ2) is 8.57. The third-order valence-electron chi connectivity index (χ3n) is 3.56. The van der Waals surface area contributed by atoms with Gasteiger partial charge in [0, 0.05) is 6.08 Å². The Morgan fingerprint density at radius 2 is 1.85 bits per heavy atom. The zero-order chi connectivity index (χ0) is 15.0. The SMILES string of the molecule is CCCC(=CC(=O)OCC)c1ccc(C(C)CC)cc1. The van der Waals surface area contributed by atoms with E-state index in [0.717, 1.165) is 30.4 Å². The van der Waals surface area contributed by atoms with Gasteiger partial charge in [-0.2, -0.15) is 0 Å².